The topological polar surface area (TPSA) is 34.0 Å². The summed E-state index contributed by atoms with van der Waals surface area (Å²) in [5.74, 6) is 0.608. The van der Waals surface area contributed by atoms with Crippen molar-refractivity contribution in [1.82, 2.24) is 14.5 Å². The van der Waals surface area contributed by atoms with Gasteiger partial charge in [-0.1, -0.05) is 133 Å². The van der Waals surface area contributed by atoms with Gasteiger partial charge in [0.2, 0.25) is 5.95 Å². The van der Waals surface area contributed by atoms with E-state index in [0.717, 1.165) is 50.2 Å². The molecule has 0 saturated carbocycles. The third-order valence-corrected chi connectivity index (χ3v) is 9.32. The molecule has 0 spiro atoms. The van der Waals surface area contributed by atoms with Gasteiger partial charge in [0, 0.05) is 45.8 Å². The van der Waals surface area contributed by atoms with Crippen LogP contribution in [0.2, 0.25) is 0 Å². The van der Waals surface area contributed by atoms with E-state index in [4.69, 9.17) is 9.97 Å². The van der Waals surface area contributed by atoms with Gasteiger partial charge in [-0.2, -0.15) is 0 Å². The highest BCUT2D eigenvalue weighted by Gasteiger charge is 2.19. The van der Waals surface area contributed by atoms with Crippen molar-refractivity contribution < 1.29 is 0 Å². The summed E-state index contributed by atoms with van der Waals surface area (Å²) in [6.45, 7) is 0. The molecular weight excluding hydrogens is 609 g/mol. The van der Waals surface area contributed by atoms with Crippen molar-refractivity contribution in [1.29, 1.82) is 0 Å². The highest BCUT2D eigenvalue weighted by atomic mass is 15.3. The molecule has 0 atom stereocenters. The zero-order chi connectivity index (χ0) is 33.3. The molecule has 0 N–H and O–H groups in total. The van der Waals surface area contributed by atoms with Crippen molar-refractivity contribution in [3.8, 4) is 39.1 Å². The highest BCUT2D eigenvalue weighted by Crippen LogP contribution is 2.39. The van der Waals surface area contributed by atoms with E-state index in [-0.39, 0.29) is 0 Å². The standard InChI is InChI=1S/C46H32N4/c1-4-12-33(13-5-1)36-20-24-39(25-21-36)49(46-47-31-38(32-48-46)35-16-8-3-9-17-35)41-28-29-45-43(30-41)42-18-10-11-19-44(42)50(45)40-26-22-37(23-27-40)34-14-6-2-7-15-34/h1-32H. The number of hydrogen-bond acceptors (Lipinski definition) is 3. The molecule has 4 nitrogen and oxygen atoms in total. The van der Waals surface area contributed by atoms with Crippen LogP contribution in [0.5, 0.6) is 0 Å². The van der Waals surface area contributed by atoms with Crippen LogP contribution < -0.4 is 4.90 Å². The van der Waals surface area contributed by atoms with Crippen LogP contribution in [0.15, 0.2) is 194 Å². The molecule has 0 amide bonds. The second kappa shape index (κ2) is 12.7. The minimum absolute atomic E-state index is 0.608. The Morgan fingerprint density at radius 1 is 0.360 bits per heavy atom. The first-order valence-corrected chi connectivity index (χ1v) is 16.8. The Balaban J connectivity index is 1.17. The van der Waals surface area contributed by atoms with Gasteiger partial charge < -0.3 is 4.57 Å². The lowest BCUT2D eigenvalue weighted by molar-refractivity contribution is 1.08. The number of anilines is 3. The predicted molar refractivity (Wildman–Crippen MR) is 207 cm³/mol. The molecule has 0 aliphatic carbocycles. The molecule has 50 heavy (non-hydrogen) atoms. The van der Waals surface area contributed by atoms with Crippen LogP contribution in [0.25, 0.3) is 60.9 Å². The number of para-hydroxylation sites is 1. The zero-order valence-electron chi connectivity index (χ0n) is 27.3. The van der Waals surface area contributed by atoms with E-state index in [9.17, 15) is 0 Å². The summed E-state index contributed by atoms with van der Waals surface area (Å²) in [4.78, 5) is 12.0. The molecule has 0 unspecified atom stereocenters. The van der Waals surface area contributed by atoms with Crippen LogP contribution >= 0.6 is 0 Å². The predicted octanol–water partition coefficient (Wildman–Crippen LogP) is 12.0. The van der Waals surface area contributed by atoms with Gasteiger partial charge in [-0.15, -0.1) is 0 Å². The maximum Gasteiger partial charge on any atom is 0.234 e. The van der Waals surface area contributed by atoms with E-state index in [2.05, 4.69) is 167 Å². The maximum absolute atomic E-state index is 4.93. The maximum atomic E-state index is 4.93. The van der Waals surface area contributed by atoms with Crippen LogP contribution in [0.4, 0.5) is 17.3 Å². The Bertz CT molecular complexity index is 2460. The first kappa shape index (κ1) is 29.4. The van der Waals surface area contributed by atoms with Crippen LogP contribution in [0.1, 0.15) is 0 Å². The van der Waals surface area contributed by atoms with Gasteiger partial charge in [0.1, 0.15) is 0 Å². The SMILES string of the molecule is c1ccc(-c2ccc(N(c3ccc4c(c3)c3ccccc3n4-c3ccc(-c4ccccc4)cc3)c3ncc(-c4ccccc4)cn3)cc2)cc1. The van der Waals surface area contributed by atoms with E-state index in [1.54, 1.807) is 0 Å². The number of rotatable bonds is 7. The normalized spacial score (nSPS) is 11.2. The van der Waals surface area contributed by atoms with Gasteiger partial charge in [-0.05, 0) is 76.3 Å². The molecule has 0 radical (unpaired) electrons. The summed E-state index contributed by atoms with van der Waals surface area (Å²) >= 11 is 0. The van der Waals surface area contributed by atoms with Crippen molar-refractivity contribution in [3.05, 3.63) is 194 Å². The molecule has 0 bridgehead atoms. The first-order valence-electron chi connectivity index (χ1n) is 16.8. The molecule has 7 aromatic carbocycles. The molecule has 236 valence electrons. The molecule has 9 rings (SSSR count). The first-order chi connectivity index (χ1) is 24.8. The fraction of sp³-hybridized carbons (Fsp3) is 0. The number of benzene rings is 7. The molecular formula is C46H32N4. The number of nitrogens with zero attached hydrogens (tertiary/aromatic N) is 4. The summed E-state index contributed by atoms with van der Waals surface area (Å²) in [6.07, 6.45) is 3.82. The molecule has 2 aromatic heterocycles. The summed E-state index contributed by atoms with van der Waals surface area (Å²) in [6, 6.07) is 64.0. The second-order valence-corrected chi connectivity index (χ2v) is 12.4. The Hall–Kier alpha value is -6.78. The molecule has 4 heteroatoms. The van der Waals surface area contributed by atoms with Crippen molar-refractivity contribution in [3.63, 3.8) is 0 Å². The van der Waals surface area contributed by atoms with Crippen molar-refractivity contribution in [2.75, 3.05) is 4.90 Å². The summed E-state index contributed by atoms with van der Waals surface area (Å²) < 4.78 is 2.35. The molecule has 0 saturated heterocycles. The van der Waals surface area contributed by atoms with Gasteiger partial charge in [-0.25, -0.2) is 9.97 Å². The summed E-state index contributed by atoms with van der Waals surface area (Å²) in [5, 5.41) is 2.35. The van der Waals surface area contributed by atoms with Crippen LogP contribution in [-0.2, 0) is 0 Å². The van der Waals surface area contributed by atoms with Crippen molar-refractivity contribution >= 4 is 39.1 Å². The van der Waals surface area contributed by atoms with Gasteiger partial charge in [0.25, 0.3) is 0 Å². The Morgan fingerprint density at radius 3 is 1.42 bits per heavy atom. The Labute approximate surface area is 291 Å². The average molecular weight is 641 g/mol. The van der Waals surface area contributed by atoms with Crippen LogP contribution in [0, 0.1) is 0 Å². The minimum atomic E-state index is 0.608. The number of hydrogen-bond donors (Lipinski definition) is 0. The summed E-state index contributed by atoms with van der Waals surface area (Å²) in [7, 11) is 0. The third kappa shape index (κ3) is 5.39. The van der Waals surface area contributed by atoms with E-state index < -0.39 is 0 Å². The van der Waals surface area contributed by atoms with Crippen molar-refractivity contribution in [2.45, 2.75) is 0 Å². The Morgan fingerprint density at radius 2 is 0.820 bits per heavy atom. The summed E-state index contributed by atoms with van der Waals surface area (Å²) in [5.41, 5.74) is 12.2. The second-order valence-electron chi connectivity index (χ2n) is 12.4. The van der Waals surface area contributed by atoms with Crippen LogP contribution in [-0.4, -0.2) is 14.5 Å². The lowest BCUT2D eigenvalue weighted by Crippen LogP contribution is -2.13. The van der Waals surface area contributed by atoms with E-state index in [1.165, 1.54) is 22.1 Å². The molecule has 2 heterocycles. The highest BCUT2D eigenvalue weighted by molar-refractivity contribution is 6.10. The lowest BCUT2D eigenvalue weighted by atomic mass is 10.1. The number of aromatic nitrogens is 3. The molecule has 0 fully saturated rings. The monoisotopic (exact) mass is 640 g/mol. The van der Waals surface area contributed by atoms with Gasteiger partial charge in [-0.3, -0.25) is 4.90 Å². The Kier molecular flexibility index (Phi) is 7.45. The fourth-order valence-electron chi connectivity index (χ4n) is 6.84. The van der Waals surface area contributed by atoms with Gasteiger partial charge in [0.15, 0.2) is 0 Å². The van der Waals surface area contributed by atoms with Crippen LogP contribution in [0.3, 0.4) is 0 Å². The van der Waals surface area contributed by atoms with E-state index in [1.807, 2.05) is 36.7 Å². The fourth-order valence-corrected chi connectivity index (χ4v) is 6.84. The average Bonchev–Trinajstić information content (AvgIpc) is 3.53. The van der Waals surface area contributed by atoms with Gasteiger partial charge in [0.05, 0.1) is 11.0 Å². The lowest BCUT2D eigenvalue weighted by Gasteiger charge is -2.24. The minimum Gasteiger partial charge on any atom is -0.309 e. The zero-order valence-corrected chi connectivity index (χ0v) is 27.3. The molecule has 0 aliphatic heterocycles. The smallest absolute Gasteiger partial charge is 0.234 e. The third-order valence-electron chi connectivity index (χ3n) is 9.32. The molecule has 0 aliphatic rings. The van der Waals surface area contributed by atoms with E-state index in [0.29, 0.717) is 5.95 Å². The quantitative estimate of drug-likeness (QED) is 0.174. The van der Waals surface area contributed by atoms with Crippen molar-refractivity contribution in [2.24, 2.45) is 0 Å². The van der Waals surface area contributed by atoms with E-state index >= 15 is 0 Å². The molecule has 9 aromatic rings. The largest absolute Gasteiger partial charge is 0.309 e. The van der Waals surface area contributed by atoms with Gasteiger partial charge >= 0.3 is 0 Å². The number of fused-ring (bicyclic) bond motifs is 3.